The van der Waals surface area contributed by atoms with Gasteiger partial charge in [0.1, 0.15) is 5.82 Å². The molecule has 0 unspecified atom stereocenters. The van der Waals surface area contributed by atoms with Gasteiger partial charge in [-0.1, -0.05) is 0 Å². The van der Waals surface area contributed by atoms with Crippen LogP contribution in [0.15, 0.2) is 18.2 Å². The zero-order valence-electron chi connectivity index (χ0n) is 10.8. The van der Waals surface area contributed by atoms with E-state index in [0.29, 0.717) is 11.4 Å². The Kier molecular flexibility index (Phi) is 4.95. The van der Waals surface area contributed by atoms with Gasteiger partial charge in [0.15, 0.2) is 0 Å². The Morgan fingerprint density at radius 3 is 2.74 bits per heavy atom. The summed E-state index contributed by atoms with van der Waals surface area (Å²) >= 11 is 0. The molecule has 4 N–H and O–H groups in total. The SMILES string of the molecule is OC[C@H](O)CNc1ccc(N2CCNCC2)c(F)c1. The number of benzene rings is 1. The molecule has 5 nitrogen and oxygen atoms in total. The van der Waals surface area contributed by atoms with Crippen LogP contribution in [0.3, 0.4) is 0 Å². The maximum absolute atomic E-state index is 14.0. The van der Waals surface area contributed by atoms with Crippen LogP contribution in [-0.4, -0.2) is 55.6 Å². The monoisotopic (exact) mass is 269 g/mol. The molecule has 1 heterocycles. The Labute approximate surface area is 112 Å². The second kappa shape index (κ2) is 6.70. The highest BCUT2D eigenvalue weighted by Crippen LogP contribution is 2.23. The number of aliphatic hydroxyl groups excluding tert-OH is 2. The minimum Gasteiger partial charge on any atom is -0.394 e. The van der Waals surface area contributed by atoms with Gasteiger partial charge in [-0.05, 0) is 18.2 Å². The van der Waals surface area contributed by atoms with Gasteiger partial charge in [0.05, 0.1) is 18.4 Å². The lowest BCUT2D eigenvalue weighted by Gasteiger charge is -2.29. The molecule has 1 saturated heterocycles. The van der Waals surface area contributed by atoms with Crippen molar-refractivity contribution in [1.82, 2.24) is 5.32 Å². The summed E-state index contributed by atoms with van der Waals surface area (Å²) in [6.07, 6.45) is -0.837. The highest BCUT2D eigenvalue weighted by atomic mass is 19.1. The zero-order chi connectivity index (χ0) is 13.7. The molecule has 0 radical (unpaired) electrons. The van der Waals surface area contributed by atoms with Crippen LogP contribution in [0, 0.1) is 5.82 Å². The lowest BCUT2D eigenvalue weighted by molar-refractivity contribution is 0.105. The predicted molar refractivity (Wildman–Crippen MR) is 73.1 cm³/mol. The molecule has 6 heteroatoms. The fourth-order valence-corrected chi connectivity index (χ4v) is 2.08. The summed E-state index contributed by atoms with van der Waals surface area (Å²) in [7, 11) is 0. The second-order valence-corrected chi connectivity index (χ2v) is 4.62. The summed E-state index contributed by atoms with van der Waals surface area (Å²) in [5.41, 5.74) is 1.21. The Morgan fingerprint density at radius 1 is 1.37 bits per heavy atom. The molecule has 1 aliphatic heterocycles. The molecule has 0 aliphatic carbocycles. The van der Waals surface area contributed by atoms with E-state index in [4.69, 9.17) is 5.11 Å². The van der Waals surface area contributed by atoms with E-state index in [1.165, 1.54) is 6.07 Å². The van der Waals surface area contributed by atoms with Crippen LogP contribution in [0.5, 0.6) is 0 Å². The van der Waals surface area contributed by atoms with Crippen LogP contribution < -0.4 is 15.5 Å². The predicted octanol–water partition coefficient (Wildman–Crippen LogP) is 0.000400. The van der Waals surface area contributed by atoms with Crippen LogP contribution in [0.25, 0.3) is 0 Å². The smallest absolute Gasteiger partial charge is 0.148 e. The molecule has 0 spiro atoms. The fourth-order valence-electron chi connectivity index (χ4n) is 2.08. The summed E-state index contributed by atoms with van der Waals surface area (Å²) in [6, 6.07) is 4.94. The average Bonchev–Trinajstić information content (AvgIpc) is 2.45. The maximum Gasteiger partial charge on any atom is 0.148 e. The van der Waals surface area contributed by atoms with Crippen LogP contribution in [0.1, 0.15) is 0 Å². The molecule has 106 valence electrons. The van der Waals surface area contributed by atoms with Gasteiger partial charge >= 0.3 is 0 Å². The summed E-state index contributed by atoms with van der Waals surface area (Å²) < 4.78 is 14.0. The van der Waals surface area contributed by atoms with Crippen LogP contribution in [0.2, 0.25) is 0 Å². The summed E-state index contributed by atoms with van der Waals surface area (Å²) in [6.45, 7) is 3.21. The molecule has 19 heavy (non-hydrogen) atoms. The summed E-state index contributed by atoms with van der Waals surface area (Å²) in [4.78, 5) is 2.01. The van der Waals surface area contributed by atoms with Gasteiger partial charge in [0.25, 0.3) is 0 Å². The molecule has 2 rings (SSSR count). The first kappa shape index (κ1) is 14.0. The number of hydrogen-bond donors (Lipinski definition) is 4. The number of anilines is 2. The minimum absolute atomic E-state index is 0.197. The summed E-state index contributed by atoms with van der Waals surface area (Å²) in [5.74, 6) is -0.273. The number of aliphatic hydroxyl groups is 2. The first-order chi connectivity index (χ1) is 9.20. The van der Waals surface area contributed by atoms with Crippen molar-refractivity contribution in [3.8, 4) is 0 Å². The van der Waals surface area contributed by atoms with Crippen molar-refractivity contribution in [3.63, 3.8) is 0 Å². The number of piperazine rings is 1. The van der Waals surface area contributed by atoms with E-state index in [1.807, 2.05) is 4.90 Å². The normalized spacial score (nSPS) is 17.3. The Bertz CT molecular complexity index is 411. The van der Waals surface area contributed by atoms with E-state index in [-0.39, 0.29) is 19.0 Å². The highest BCUT2D eigenvalue weighted by molar-refractivity contribution is 5.56. The van der Waals surface area contributed by atoms with Crippen molar-refractivity contribution in [2.24, 2.45) is 0 Å². The molecule has 1 atom stereocenters. The molecule has 0 aromatic heterocycles. The number of hydrogen-bond acceptors (Lipinski definition) is 5. The molecule has 1 aromatic carbocycles. The van der Waals surface area contributed by atoms with E-state index in [2.05, 4.69) is 10.6 Å². The van der Waals surface area contributed by atoms with Crippen molar-refractivity contribution in [2.45, 2.75) is 6.10 Å². The van der Waals surface area contributed by atoms with Gasteiger partial charge in [-0.25, -0.2) is 4.39 Å². The van der Waals surface area contributed by atoms with Gasteiger partial charge in [-0.3, -0.25) is 0 Å². The van der Waals surface area contributed by atoms with E-state index in [9.17, 15) is 9.50 Å². The average molecular weight is 269 g/mol. The maximum atomic E-state index is 14.0. The zero-order valence-corrected chi connectivity index (χ0v) is 10.8. The van der Waals surface area contributed by atoms with Gasteiger partial charge in [-0.2, -0.15) is 0 Å². The van der Waals surface area contributed by atoms with Crippen LogP contribution in [0.4, 0.5) is 15.8 Å². The number of rotatable bonds is 5. The third-order valence-corrected chi connectivity index (χ3v) is 3.16. The van der Waals surface area contributed by atoms with Gasteiger partial charge in [0, 0.05) is 38.4 Å². The number of halogens is 1. The third kappa shape index (κ3) is 3.79. The quantitative estimate of drug-likeness (QED) is 0.606. The molecule has 1 fully saturated rings. The largest absolute Gasteiger partial charge is 0.394 e. The van der Waals surface area contributed by atoms with Crippen molar-refractivity contribution < 1.29 is 14.6 Å². The van der Waals surface area contributed by atoms with Gasteiger partial charge in [0.2, 0.25) is 0 Å². The molecule has 1 aromatic rings. The topological polar surface area (TPSA) is 67.8 Å². The van der Waals surface area contributed by atoms with Crippen molar-refractivity contribution >= 4 is 11.4 Å². The first-order valence-corrected chi connectivity index (χ1v) is 6.48. The van der Waals surface area contributed by atoms with E-state index in [1.54, 1.807) is 12.1 Å². The Hall–Kier alpha value is -1.37. The molecule has 0 bridgehead atoms. The molecular weight excluding hydrogens is 249 g/mol. The molecule has 0 amide bonds. The van der Waals surface area contributed by atoms with Gasteiger partial charge < -0.3 is 25.7 Å². The number of nitrogens with one attached hydrogen (secondary N) is 2. The second-order valence-electron chi connectivity index (χ2n) is 4.62. The third-order valence-electron chi connectivity index (χ3n) is 3.16. The molecular formula is C13H20FN3O2. The van der Waals surface area contributed by atoms with Crippen LogP contribution in [-0.2, 0) is 0 Å². The summed E-state index contributed by atoms with van der Waals surface area (Å²) in [5, 5.41) is 24.0. The van der Waals surface area contributed by atoms with Crippen molar-refractivity contribution in [3.05, 3.63) is 24.0 Å². The van der Waals surface area contributed by atoms with Crippen molar-refractivity contribution in [2.75, 3.05) is 49.5 Å². The Balaban J connectivity index is 2.00. The van der Waals surface area contributed by atoms with Crippen LogP contribution >= 0.6 is 0 Å². The van der Waals surface area contributed by atoms with E-state index < -0.39 is 6.10 Å². The first-order valence-electron chi connectivity index (χ1n) is 6.48. The van der Waals surface area contributed by atoms with Gasteiger partial charge in [-0.15, -0.1) is 0 Å². The number of nitrogens with zero attached hydrogens (tertiary/aromatic N) is 1. The van der Waals surface area contributed by atoms with E-state index >= 15 is 0 Å². The fraction of sp³-hybridized carbons (Fsp3) is 0.538. The van der Waals surface area contributed by atoms with Crippen molar-refractivity contribution in [1.29, 1.82) is 0 Å². The lowest BCUT2D eigenvalue weighted by Crippen LogP contribution is -2.43. The minimum atomic E-state index is -0.837. The molecule has 1 aliphatic rings. The lowest BCUT2D eigenvalue weighted by atomic mass is 10.2. The van der Waals surface area contributed by atoms with E-state index in [0.717, 1.165) is 26.2 Å². The highest BCUT2D eigenvalue weighted by Gasteiger charge is 2.14. The Morgan fingerprint density at radius 2 is 2.11 bits per heavy atom. The molecule has 0 saturated carbocycles. The standard InChI is InChI=1S/C13H20FN3O2/c14-12-7-10(16-8-11(19)9-18)1-2-13(12)17-5-3-15-4-6-17/h1-2,7,11,15-16,18-19H,3-6,8-9H2/t11-/m1/s1.